The van der Waals surface area contributed by atoms with E-state index in [9.17, 15) is 0 Å². The van der Waals surface area contributed by atoms with Crippen LogP contribution in [-0.4, -0.2) is 48.2 Å². The molecule has 0 saturated carbocycles. The molecule has 26 heavy (non-hydrogen) atoms. The molecule has 8 heteroatoms. The van der Waals surface area contributed by atoms with Crippen LogP contribution in [0, 0.1) is 0 Å². The molecule has 138 valence electrons. The van der Waals surface area contributed by atoms with Gasteiger partial charge in [-0.2, -0.15) is 0 Å². The number of hydrogen-bond acceptors (Lipinski definition) is 5. The summed E-state index contributed by atoms with van der Waals surface area (Å²) >= 11 is 6.07. The van der Waals surface area contributed by atoms with E-state index in [4.69, 9.17) is 16.6 Å². The lowest BCUT2D eigenvalue weighted by Crippen LogP contribution is -2.35. The summed E-state index contributed by atoms with van der Waals surface area (Å²) in [4.78, 5) is 10.6. The van der Waals surface area contributed by atoms with E-state index >= 15 is 0 Å². The first-order chi connectivity index (χ1) is 12.4. The van der Waals surface area contributed by atoms with Crippen LogP contribution in [0.4, 0.5) is 0 Å². The summed E-state index contributed by atoms with van der Waals surface area (Å²) in [6.45, 7) is 9.17. The first-order valence-corrected chi connectivity index (χ1v) is 9.43. The highest BCUT2D eigenvalue weighted by atomic mass is 35.5. The number of hydrogen-bond donors (Lipinski definition) is 1. The predicted molar refractivity (Wildman–Crippen MR) is 101 cm³/mol. The van der Waals surface area contributed by atoms with Gasteiger partial charge < -0.3 is 4.98 Å². The largest absolute Gasteiger partial charge is 0.342 e. The maximum atomic E-state index is 6.07. The Morgan fingerprint density at radius 1 is 1.23 bits per heavy atom. The number of nitrogens with zero attached hydrogens (tertiary/aromatic N) is 6. The van der Waals surface area contributed by atoms with Crippen molar-refractivity contribution in [2.45, 2.75) is 51.6 Å². The van der Waals surface area contributed by atoms with Crippen molar-refractivity contribution < 1.29 is 0 Å². The summed E-state index contributed by atoms with van der Waals surface area (Å²) in [7, 11) is 0. The van der Waals surface area contributed by atoms with Gasteiger partial charge in [0, 0.05) is 10.9 Å². The Hall–Kier alpha value is -1.99. The molecule has 4 rings (SSSR count). The Labute approximate surface area is 157 Å². The lowest BCUT2D eigenvalue weighted by molar-refractivity contribution is 0.188. The monoisotopic (exact) mass is 373 g/mol. The van der Waals surface area contributed by atoms with Crippen LogP contribution < -0.4 is 0 Å². The number of imidazole rings is 1. The van der Waals surface area contributed by atoms with E-state index in [1.54, 1.807) is 0 Å². The van der Waals surface area contributed by atoms with Crippen LogP contribution in [-0.2, 0) is 12.1 Å². The molecule has 1 aromatic carbocycles. The van der Waals surface area contributed by atoms with E-state index in [0.717, 1.165) is 60.2 Å². The molecular weight excluding hydrogens is 350 g/mol. The minimum atomic E-state index is -0.104. The van der Waals surface area contributed by atoms with Crippen LogP contribution >= 0.6 is 11.6 Å². The predicted octanol–water partition coefficient (Wildman–Crippen LogP) is 3.34. The Bertz CT molecular complexity index is 900. The fourth-order valence-electron chi connectivity index (χ4n) is 3.58. The number of piperidine rings is 1. The molecular formula is C18H24ClN7. The van der Waals surface area contributed by atoms with Gasteiger partial charge in [-0.05, 0) is 75.3 Å². The van der Waals surface area contributed by atoms with Crippen molar-refractivity contribution >= 4 is 22.6 Å². The Morgan fingerprint density at radius 3 is 2.73 bits per heavy atom. The molecule has 1 fully saturated rings. The maximum Gasteiger partial charge on any atom is 0.165 e. The molecule has 0 radical (unpaired) electrons. The maximum absolute atomic E-state index is 6.07. The molecule has 1 aliphatic heterocycles. The van der Waals surface area contributed by atoms with Gasteiger partial charge in [-0.25, -0.2) is 9.67 Å². The third-order valence-electron chi connectivity index (χ3n) is 4.97. The van der Waals surface area contributed by atoms with Gasteiger partial charge >= 0.3 is 0 Å². The highest BCUT2D eigenvalue weighted by Crippen LogP contribution is 2.29. The van der Waals surface area contributed by atoms with Gasteiger partial charge in [0.2, 0.25) is 0 Å². The number of H-pyrrole nitrogens is 1. The van der Waals surface area contributed by atoms with Crippen molar-refractivity contribution in [3.63, 3.8) is 0 Å². The van der Waals surface area contributed by atoms with Gasteiger partial charge in [0.1, 0.15) is 5.82 Å². The summed E-state index contributed by atoms with van der Waals surface area (Å²) in [5, 5.41) is 13.0. The molecule has 0 amide bonds. The standard InChI is InChI=1S/C18H24ClN7/c1-18(2,3)26-16(22-23-24-26)11-25-8-6-12(7-9-25)17-20-14-5-4-13(19)10-15(14)21-17/h4-5,10,12H,6-9,11H2,1-3H3,(H,20,21). The highest BCUT2D eigenvalue weighted by Gasteiger charge is 2.26. The topological polar surface area (TPSA) is 75.5 Å². The van der Waals surface area contributed by atoms with Crippen molar-refractivity contribution in [2.24, 2.45) is 0 Å². The van der Waals surface area contributed by atoms with Crippen LogP contribution in [0.25, 0.3) is 11.0 Å². The van der Waals surface area contributed by atoms with E-state index in [0.29, 0.717) is 5.92 Å². The number of aromatic nitrogens is 6. The Kier molecular flexibility index (Phi) is 4.44. The third kappa shape index (κ3) is 3.46. The number of benzene rings is 1. The molecule has 2 aromatic heterocycles. The summed E-state index contributed by atoms with van der Waals surface area (Å²) in [6, 6.07) is 5.80. The Balaban J connectivity index is 1.42. The highest BCUT2D eigenvalue weighted by molar-refractivity contribution is 6.31. The molecule has 0 bridgehead atoms. The molecule has 1 aliphatic rings. The van der Waals surface area contributed by atoms with Crippen molar-refractivity contribution in [3.8, 4) is 0 Å². The normalized spacial score (nSPS) is 17.2. The number of nitrogens with one attached hydrogen (secondary N) is 1. The molecule has 0 unspecified atom stereocenters. The summed E-state index contributed by atoms with van der Waals surface area (Å²) in [6.07, 6.45) is 2.15. The molecule has 1 saturated heterocycles. The zero-order valence-corrected chi connectivity index (χ0v) is 16.2. The van der Waals surface area contributed by atoms with Crippen molar-refractivity contribution in [1.29, 1.82) is 0 Å². The van der Waals surface area contributed by atoms with E-state index in [1.165, 1.54) is 0 Å². The van der Waals surface area contributed by atoms with Gasteiger partial charge in [0.25, 0.3) is 0 Å². The Morgan fingerprint density at radius 2 is 2.00 bits per heavy atom. The van der Waals surface area contributed by atoms with Crippen molar-refractivity contribution in [2.75, 3.05) is 13.1 Å². The van der Waals surface area contributed by atoms with Gasteiger partial charge in [-0.3, -0.25) is 4.90 Å². The minimum Gasteiger partial charge on any atom is -0.342 e. The van der Waals surface area contributed by atoms with Crippen LogP contribution in [0.15, 0.2) is 18.2 Å². The second-order valence-electron chi connectivity index (χ2n) is 8.01. The van der Waals surface area contributed by atoms with Crippen molar-refractivity contribution in [1.82, 2.24) is 35.1 Å². The fraction of sp³-hybridized carbons (Fsp3) is 0.556. The SMILES string of the molecule is CC(C)(C)n1nnnc1CN1CCC(c2nc3ccc(Cl)cc3[nH]2)CC1. The van der Waals surface area contributed by atoms with Crippen LogP contribution in [0.2, 0.25) is 5.02 Å². The van der Waals surface area contributed by atoms with Gasteiger partial charge in [-0.15, -0.1) is 5.10 Å². The molecule has 7 nitrogen and oxygen atoms in total. The average molecular weight is 374 g/mol. The quantitative estimate of drug-likeness (QED) is 0.762. The van der Waals surface area contributed by atoms with Crippen LogP contribution in [0.5, 0.6) is 0 Å². The van der Waals surface area contributed by atoms with Crippen LogP contribution in [0.1, 0.15) is 51.2 Å². The van der Waals surface area contributed by atoms with Crippen LogP contribution in [0.3, 0.4) is 0 Å². The third-order valence-corrected chi connectivity index (χ3v) is 5.21. The average Bonchev–Trinajstić information content (AvgIpc) is 3.21. The summed E-state index contributed by atoms with van der Waals surface area (Å²) in [5.41, 5.74) is 1.89. The molecule has 1 N–H and O–H groups in total. The lowest BCUT2D eigenvalue weighted by Gasteiger charge is -2.31. The molecule has 0 spiro atoms. The molecule has 3 heterocycles. The number of fused-ring (bicyclic) bond motifs is 1. The molecule has 3 aromatic rings. The van der Waals surface area contributed by atoms with Crippen molar-refractivity contribution in [3.05, 3.63) is 34.9 Å². The molecule has 0 atom stereocenters. The number of rotatable bonds is 3. The number of aromatic amines is 1. The smallest absolute Gasteiger partial charge is 0.165 e. The van der Waals surface area contributed by atoms with E-state index in [1.807, 2.05) is 22.9 Å². The summed E-state index contributed by atoms with van der Waals surface area (Å²) < 4.78 is 1.92. The zero-order chi connectivity index (χ0) is 18.3. The summed E-state index contributed by atoms with van der Waals surface area (Å²) in [5.74, 6) is 2.45. The first kappa shape index (κ1) is 17.4. The number of halogens is 1. The van der Waals surface area contributed by atoms with E-state index in [-0.39, 0.29) is 5.54 Å². The second kappa shape index (κ2) is 6.63. The lowest BCUT2D eigenvalue weighted by atomic mass is 9.96. The minimum absolute atomic E-state index is 0.104. The van der Waals surface area contributed by atoms with E-state index < -0.39 is 0 Å². The van der Waals surface area contributed by atoms with Gasteiger partial charge in [0.15, 0.2) is 5.82 Å². The zero-order valence-electron chi connectivity index (χ0n) is 15.4. The number of tetrazole rings is 1. The number of likely N-dealkylation sites (tertiary alicyclic amines) is 1. The van der Waals surface area contributed by atoms with Gasteiger partial charge in [-0.1, -0.05) is 11.6 Å². The second-order valence-corrected chi connectivity index (χ2v) is 8.45. The fourth-order valence-corrected chi connectivity index (χ4v) is 3.76. The van der Waals surface area contributed by atoms with E-state index in [2.05, 4.69) is 46.2 Å². The van der Waals surface area contributed by atoms with Gasteiger partial charge in [0.05, 0.1) is 23.1 Å². The first-order valence-electron chi connectivity index (χ1n) is 9.05. The molecule has 0 aliphatic carbocycles.